The van der Waals surface area contributed by atoms with Crippen molar-refractivity contribution in [2.24, 2.45) is 5.92 Å². The van der Waals surface area contributed by atoms with Crippen molar-refractivity contribution in [2.45, 2.75) is 50.5 Å². The summed E-state index contributed by atoms with van der Waals surface area (Å²) in [6.45, 7) is 5.19. The highest BCUT2D eigenvalue weighted by Gasteiger charge is 2.28. The molecule has 1 atom stereocenters. The van der Waals surface area contributed by atoms with Crippen LogP contribution in [0.5, 0.6) is 11.5 Å². The van der Waals surface area contributed by atoms with E-state index in [1.165, 1.54) is 23.5 Å². The third-order valence-corrected chi connectivity index (χ3v) is 7.79. The molecule has 1 fully saturated rings. The molecule has 180 valence electrons. The van der Waals surface area contributed by atoms with Crippen molar-refractivity contribution in [1.29, 1.82) is 0 Å². The summed E-state index contributed by atoms with van der Waals surface area (Å²) < 4.78 is 38.4. The monoisotopic (exact) mass is 474 g/mol. The maximum Gasteiger partial charge on any atom is 0.255 e. The third kappa shape index (κ3) is 6.06. The highest BCUT2D eigenvalue weighted by molar-refractivity contribution is 7.89. The average molecular weight is 475 g/mol. The predicted molar refractivity (Wildman–Crippen MR) is 128 cm³/mol. The second-order valence-electron chi connectivity index (χ2n) is 8.76. The molecule has 2 aromatic carbocycles. The number of benzene rings is 2. The zero-order chi connectivity index (χ0) is 24.0. The smallest absolute Gasteiger partial charge is 0.255 e. The van der Waals surface area contributed by atoms with Crippen molar-refractivity contribution in [3.8, 4) is 11.5 Å². The van der Waals surface area contributed by atoms with Crippen LogP contribution in [-0.2, 0) is 10.0 Å². The van der Waals surface area contributed by atoms with E-state index in [0.717, 1.165) is 37.0 Å². The molecule has 1 aliphatic rings. The minimum Gasteiger partial charge on any atom is -0.497 e. The van der Waals surface area contributed by atoms with Crippen molar-refractivity contribution in [3.05, 3.63) is 53.6 Å². The van der Waals surface area contributed by atoms with E-state index in [2.05, 4.69) is 19.2 Å². The summed E-state index contributed by atoms with van der Waals surface area (Å²) >= 11 is 0. The van der Waals surface area contributed by atoms with Gasteiger partial charge in [-0.05, 0) is 61.1 Å². The summed E-state index contributed by atoms with van der Waals surface area (Å²) in [4.78, 5) is 13.5. The standard InChI is InChI=1S/C25H34N2O5S/c1-18(2)16-23(19-8-10-20(31-3)11-9-19)26-25(28)22-17-21(12-13-24(22)32-4)33(29,30)27-14-6-5-7-15-27/h8-13,17-18,23H,5-7,14-16H2,1-4H3,(H,26,28)/t23-/m0/s1. The molecular weight excluding hydrogens is 440 g/mol. The number of ether oxygens (including phenoxy) is 2. The highest BCUT2D eigenvalue weighted by Crippen LogP contribution is 2.28. The van der Waals surface area contributed by atoms with Crippen molar-refractivity contribution in [2.75, 3.05) is 27.3 Å². The quantitative estimate of drug-likeness (QED) is 0.582. The number of hydrogen-bond acceptors (Lipinski definition) is 5. The molecule has 0 unspecified atom stereocenters. The van der Waals surface area contributed by atoms with E-state index < -0.39 is 10.0 Å². The summed E-state index contributed by atoms with van der Waals surface area (Å²) in [6, 6.07) is 11.8. The number of amides is 1. The Morgan fingerprint density at radius 1 is 1.00 bits per heavy atom. The molecule has 0 spiro atoms. The number of carbonyl (C=O) groups is 1. The average Bonchev–Trinajstić information content (AvgIpc) is 2.83. The normalized spacial score (nSPS) is 15.8. The largest absolute Gasteiger partial charge is 0.497 e. The molecular formula is C25H34N2O5S. The summed E-state index contributed by atoms with van der Waals surface area (Å²) in [5, 5.41) is 3.08. The van der Waals surface area contributed by atoms with E-state index >= 15 is 0 Å². The maximum absolute atomic E-state index is 13.3. The van der Waals surface area contributed by atoms with Crippen molar-refractivity contribution >= 4 is 15.9 Å². The number of carbonyl (C=O) groups excluding carboxylic acids is 1. The van der Waals surface area contributed by atoms with Crippen LogP contribution in [-0.4, -0.2) is 45.9 Å². The highest BCUT2D eigenvalue weighted by atomic mass is 32.2. The molecule has 2 aromatic rings. The maximum atomic E-state index is 13.3. The molecule has 1 saturated heterocycles. The van der Waals surface area contributed by atoms with Crippen molar-refractivity contribution in [1.82, 2.24) is 9.62 Å². The molecule has 33 heavy (non-hydrogen) atoms. The molecule has 1 amide bonds. The Bertz CT molecular complexity index is 1040. The van der Waals surface area contributed by atoms with Crippen LogP contribution in [0.3, 0.4) is 0 Å². The van der Waals surface area contributed by atoms with Crippen LogP contribution in [0.4, 0.5) is 0 Å². The van der Waals surface area contributed by atoms with Gasteiger partial charge in [0.2, 0.25) is 10.0 Å². The minimum atomic E-state index is -3.67. The number of hydrogen-bond donors (Lipinski definition) is 1. The fourth-order valence-corrected chi connectivity index (χ4v) is 5.65. The van der Waals surface area contributed by atoms with E-state index in [1.807, 2.05) is 24.3 Å². The molecule has 0 aliphatic carbocycles. The molecule has 0 aromatic heterocycles. The zero-order valence-corrected chi connectivity index (χ0v) is 20.7. The van der Waals surface area contributed by atoms with E-state index in [-0.39, 0.29) is 22.4 Å². The van der Waals surface area contributed by atoms with Crippen LogP contribution < -0.4 is 14.8 Å². The first-order valence-corrected chi connectivity index (χ1v) is 12.8. The molecule has 1 aliphatic heterocycles. The molecule has 1 N–H and O–H groups in total. The van der Waals surface area contributed by atoms with Gasteiger partial charge in [-0.3, -0.25) is 4.79 Å². The zero-order valence-electron chi connectivity index (χ0n) is 19.8. The molecule has 8 heteroatoms. The lowest BCUT2D eigenvalue weighted by Crippen LogP contribution is -2.36. The van der Waals surface area contributed by atoms with Crippen LogP contribution in [0.1, 0.15) is 61.5 Å². The molecule has 7 nitrogen and oxygen atoms in total. The summed E-state index contributed by atoms with van der Waals surface area (Å²) in [7, 11) is -0.584. The Morgan fingerprint density at radius 2 is 1.67 bits per heavy atom. The van der Waals surface area contributed by atoms with Crippen LogP contribution >= 0.6 is 0 Å². The third-order valence-electron chi connectivity index (χ3n) is 5.90. The molecule has 3 rings (SSSR count). The molecule has 0 bridgehead atoms. The van der Waals surface area contributed by atoms with Gasteiger partial charge in [0.1, 0.15) is 11.5 Å². The molecule has 0 saturated carbocycles. The summed E-state index contributed by atoms with van der Waals surface area (Å²) in [5.41, 5.74) is 1.16. The van der Waals surface area contributed by atoms with Gasteiger partial charge in [-0.2, -0.15) is 4.31 Å². The van der Waals surface area contributed by atoms with E-state index in [9.17, 15) is 13.2 Å². The first-order chi connectivity index (χ1) is 15.8. The number of nitrogens with one attached hydrogen (secondary N) is 1. The topological polar surface area (TPSA) is 84.9 Å². The van der Waals surface area contributed by atoms with Crippen LogP contribution in [0, 0.1) is 5.92 Å². The summed E-state index contributed by atoms with van der Waals surface area (Å²) in [5.74, 6) is 1.04. The SMILES string of the molecule is COc1ccc([C@H](CC(C)C)NC(=O)c2cc(S(=O)(=O)N3CCCCC3)ccc2OC)cc1. The van der Waals surface area contributed by atoms with E-state index in [0.29, 0.717) is 24.8 Å². The fraction of sp³-hybridized carbons (Fsp3) is 0.480. The second-order valence-corrected chi connectivity index (χ2v) is 10.7. The predicted octanol–water partition coefficient (Wildman–Crippen LogP) is 4.40. The first-order valence-electron chi connectivity index (χ1n) is 11.4. The van der Waals surface area contributed by atoms with Crippen LogP contribution in [0.15, 0.2) is 47.4 Å². The Kier molecular flexibility index (Phi) is 8.37. The Morgan fingerprint density at radius 3 is 2.24 bits per heavy atom. The first kappa shape index (κ1) is 25.1. The number of rotatable bonds is 9. The van der Waals surface area contributed by atoms with Gasteiger partial charge in [-0.1, -0.05) is 32.4 Å². The van der Waals surface area contributed by atoms with Gasteiger partial charge in [-0.25, -0.2) is 8.42 Å². The van der Waals surface area contributed by atoms with Gasteiger partial charge in [0.25, 0.3) is 5.91 Å². The molecule has 0 radical (unpaired) electrons. The lowest BCUT2D eigenvalue weighted by molar-refractivity contribution is 0.0928. The van der Waals surface area contributed by atoms with Gasteiger partial charge in [0, 0.05) is 13.1 Å². The Labute approximate surface area is 197 Å². The second kappa shape index (κ2) is 11.0. The van der Waals surface area contributed by atoms with Crippen LogP contribution in [0.25, 0.3) is 0 Å². The van der Waals surface area contributed by atoms with Gasteiger partial charge in [0.15, 0.2) is 0 Å². The number of piperidine rings is 1. The van der Waals surface area contributed by atoms with E-state index in [1.54, 1.807) is 13.2 Å². The fourth-order valence-electron chi connectivity index (χ4n) is 4.10. The van der Waals surface area contributed by atoms with Gasteiger partial charge in [-0.15, -0.1) is 0 Å². The lowest BCUT2D eigenvalue weighted by atomic mass is 9.96. The van der Waals surface area contributed by atoms with Crippen LogP contribution in [0.2, 0.25) is 0 Å². The number of nitrogens with zero attached hydrogens (tertiary/aromatic N) is 1. The number of sulfonamides is 1. The Balaban J connectivity index is 1.90. The lowest BCUT2D eigenvalue weighted by Gasteiger charge is -2.26. The van der Waals surface area contributed by atoms with Crippen molar-refractivity contribution in [3.63, 3.8) is 0 Å². The minimum absolute atomic E-state index is 0.111. The van der Waals surface area contributed by atoms with Gasteiger partial charge >= 0.3 is 0 Å². The molecule has 1 heterocycles. The van der Waals surface area contributed by atoms with Gasteiger partial charge in [0.05, 0.1) is 30.7 Å². The summed E-state index contributed by atoms with van der Waals surface area (Å²) in [6.07, 6.45) is 3.46. The Hall–Kier alpha value is -2.58. The van der Waals surface area contributed by atoms with Crippen molar-refractivity contribution < 1.29 is 22.7 Å². The van der Waals surface area contributed by atoms with Gasteiger partial charge < -0.3 is 14.8 Å². The van der Waals surface area contributed by atoms with E-state index in [4.69, 9.17) is 9.47 Å². The number of methoxy groups -OCH3 is 2.